The van der Waals surface area contributed by atoms with E-state index in [4.69, 9.17) is 5.11 Å². The molecule has 0 heterocycles. The fourth-order valence-electron chi connectivity index (χ4n) is 1.34. The van der Waals surface area contributed by atoms with Crippen LogP contribution in [0.15, 0.2) is 6.07 Å². The zero-order valence-corrected chi connectivity index (χ0v) is 10.3. The number of rotatable bonds is 6. The maximum absolute atomic E-state index is 13.2. The molecule has 0 aliphatic rings. The number of carbonyl (C=O) groups is 2. The lowest BCUT2D eigenvalue weighted by Crippen LogP contribution is -2.22. The molecule has 20 heavy (non-hydrogen) atoms. The van der Waals surface area contributed by atoms with Crippen molar-refractivity contribution in [1.29, 1.82) is 0 Å². The number of ketones is 1. The molecule has 1 rings (SSSR count). The Kier molecular flexibility index (Phi) is 5.06. The Labute approximate surface area is 111 Å². The summed E-state index contributed by atoms with van der Waals surface area (Å²) in [4.78, 5) is 21.8. The van der Waals surface area contributed by atoms with Crippen LogP contribution in [0.1, 0.15) is 13.3 Å². The first kappa shape index (κ1) is 15.9. The highest BCUT2D eigenvalue weighted by Gasteiger charge is 2.23. The molecule has 0 fully saturated rings. The molecule has 8 heteroatoms. The number of carboxylic acid groups (broad SMARTS) is 1. The van der Waals surface area contributed by atoms with Gasteiger partial charge < -0.3 is 9.84 Å². The van der Waals surface area contributed by atoms with E-state index in [1.165, 1.54) is 6.92 Å². The minimum Gasteiger partial charge on any atom is -0.481 e. The van der Waals surface area contributed by atoms with Gasteiger partial charge in [0.05, 0.1) is 6.42 Å². The van der Waals surface area contributed by atoms with Gasteiger partial charge in [-0.1, -0.05) is 6.92 Å². The number of carbonyl (C=O) groups excluding carboxylic acids is 1. The summed E-state index contributed by atoms with van der Waals surface area (Å²) in [6.07, 6.45) is -0.495. The minimum absolute atomic E-state index is 0.00635. The van der Waals surface area contributed by atoms with Crippen molar-refractivity contribution in [3.63, 3.8) is 0 Å². The lowest BCUT2D eigenvalue weighted by molar-refractivity contribution is -0.140. The molecule has 0 saturated carbocycles. The summed E-state index contributed by atoms with van der Waals surface area (Å²) in [5, 5.41) is 8.47. The third-order valence-corrected chi connectivity index (χ3v) is 2.46. The molecule has 0 aromatic heterocycles. The number of Topliss-reactive ketones (excluding diaryl/α,β-unsaturated/α-hetero) is 1. The van der Waals surface area contributed by atoms with E-state index >= 15 is 0 Å². The number of aliphatic carboxylic acids is 1. The van der Waals surface area contributed by atoms with Gasteiger partial charge in [0.25, 0.3) is 0 Å². The minimum atomic E-state index is -1.76. The van der Waals surface area contributed by atoms with Gasteiger partial charge in [-0.05, 0) is 0 Å². The standard InChI is InChI=1S/C12H10F4O4/c1-5(2-9(18)19)8(17)4-20-12-10(15)6(13)3-7(14)11(12)16/h3,5H,2,4H2,1H3,(H,18,19)/t5-/m0/s1. The molecule has 110 valence electrons. The smallest absolute Gasteiger partial charge is 0.304 e. The molecular formula is C12H10F4O4. The van der Waals surface area contributed by atoms with E-state index in [-0.39, 0.29) is 6.07 Å². The SMILES string of the molecule is C[C@@H](CC(=O)O)C(=O)COc1c(F)c(F)cc(F)c1F. The summed E-state index contributed by atoms with van der Waals surface area (Å²) in [6, 6.07) is 0.00635. The van der Waals surface area contributed by atoms with Crippen LogP contribution in [0, 0.1) is 29.2 Å². The second kappa shape index (κ2) is 6.36. The average molecular weight is 294 g/mol. The molecule has 0 radical (unpaired) electrons. The van der Waals surface area contributed by atoms with Crippen LogP contribution in [0.4, 0.5) is 17.6 Å². The predicted molar refractivity (Wildman–Crippen MR) is 58.2 cm³/mol. The van der Waals surface area contributed by atoms with Crippen LogP contribution >= 0.6 is 0 Å². The Bertz CT molecular complexity index is 518. The van der Waals surface area contributed by atoms with E-state index in [2.05, 4.69) is 4.74 Å². The van der Waals surface area contributed by atoms with Crippen molar-refractivity contribution in [2.24, 2.45) is 5.92 Å². The molecule has 0 aliphatic carbocycles. The first-order valence-electron chi connectivity index (χ1n) is 5.44. The first-order chi connectivity index (χ1) is 9.23. The van der Waals surface area contributed by atoms with E-state index < -0.39 is 59.7 Å². The number of ether oxygens (including phenoxy) is 1. The van der Waals surface area contributed by atoms with Gasteiger partial charge in [0.15, 0.2) is 23.2 Å². The third kappa shape index (κ3) is 3.69. The third-order valence-electron chi connectivity index (χ3n) is 2.46. The molecule has 0 amide bonds. The Hall–Kier alpha value is -2.12. The Morgan fingerprint density at radius 1 is 1.20 bits per heavy atom. The lowest BCUT2D eigenvalue weighted by Gasteiger charge is -2.11. The van der Waals surface area contributed by atoms with Crippen molar-refractivity contribution in [2.75, 3.05) is 6.61 Å². The molecule has 4 nitrogen and oxygen atoms in total. The number of hydrogen-bond donors (Lipinski definition) is 1. The molecule has 1 atom stereocenters. The quantitative estimate of drug-likeness (QED) is 0.646. The zero-order chi connectivity index (χ0) is 15.4. The highest BCUT2D eigenvalue weighted by atomic mass is 19.2. The highest BCUT2D eigenvalue weighted by molar-refractivity contribution is 5.85. The normalized spacial score (nSPS) is 12.1. The first-order valence-corrected chi connectivity index (χ1v) is 5.44. The highest BCUT2D eigenvalue weighted by Crippen LogP contribution is 2.26. The molecule has 0 bridgehead atoms. The van der Waals surface area contributed by atoms with E-state index in [1.54, 1.807) is 0 Å². The number of halogens is 4. The second-order valence-electron chi connectivity index (χ2n) is 4.05. The Morgan fingerprint density at radius 2 is 1.70 bits per heavy atom. The van der Waals surface area contributed by atoms with Crippen LogP contribution in [0.25, 0.3) is 0 Å². The fraction of sp³-hybridized carbons (Fsp3) is 0.333. The van der Waals surface area contributed by atoms with Gasteiger partial charge >= 0.3 is 5.97 Å². The van der Waals surface area contributed by atoms with Crippen molar-refractivity contribution in [2.45, 2.75) is 13.3 Å². The Morgan fingerprint density at radius 3 is 2.15 bits per heavy atom. The van der Waals surface area contributed by atoms with Crippen LogP contribution in [0.2, 0.25) is 0 Å². The molecular weight excluding hydrogens is 284 g/mol. The average Bonchev–Trinajstić information content (AvgIpc) is 2.35. The van der Waals surface area contributed by atoms with Crippen LogP contribution < -0.4 is 4.74 Å². The summed E-state index contributed by atoms with van der Waals surface area (Å²) in [5.41, 5.74) is 0. The van der Waals surface area contributed by atoms with Gasteiger partial charge in [-0.3, -0.25) is 9.59 Å². The second-order valence-corrected chi connectivity index (χ2v) is 4.05. The van der Waals surface area contributed by atoms with Gasteiger partial charge in [0, 0.05) is 12.0 Å². The number of carboxylic acids is 1. The van der Waals surface area contributed by atoms with Gasteiger partial charge in [0.2, 0.25) is 11.6 Å². The molecule has 0 saturated heterocycles. The monoisotopic (exact) mass is 294 g/mol. The van der Waals surface area contributed by atoms with Crippen molar-refractivity contribution in [3.05, 3.63) is 29.3 Å². The number of hydrogen-bond acceptors (Lipinski definition) is 3. The molecule has 1 aromatic carbocycles. The zero-order valence-electron chi connectivity index (χ0n) is 10.3. The van der Waals surface area contributed by atoms with Gasteiger partial charge in [0.1, 0.15) is 6.61 Å². The topological polar surface area (TPSA) is 63.6 Å². The van der Waals surface area contributed by atoms with Crippen LogP contribution in [-0.2, 0) is 9.59 Å². The summed E-state index contributed by atoms with van der Waals surface area (Å²) in [7, 11) is 0. The molecule has 0 unspecified atom stereocenters. The lowest BCUT2D eigenvalue weighted by atomic mass is 10.0. The van der Waals surface area contributed by atoms with Crippen LogP contribution in [0.3, 0.4) is 0 Å². The largest absolute Gasteiger partial charge is 0.481 e. The van der Waals surface area contributed by atoms with E-state index in [1.807, 2.05) is 0 Å². The summed E-state index contributed by atoms with van der Waals surface area (Å²) >= 11 is 0. The van der Waals surface area contributed by atoms with Gasteiger partial charge in [-0.25, -0.2) is 8.78 Å². The van der Waals surface area contributed by atoms with Crippen molar-refractivity contribution in [3.8, 4) is 5.75 Å². The van der Waals surface area contributed by atoms with E-state index in [9.17, 15) is 27.2 Å². The molecule has 1 aromatic rings. The molecule has 0 spiro atoms. The maximum Gasteiger partial charge on any atom is 0.304 e. The van der Waals surface area contributed by atoms with Crippen molar-refractivity contribution in [1.82, 2.24) is 0 Å². The van der Waals surface area contributed by atoms with Crippen LogP contribution in [-0.4, -0.2) is 23.5 Å². The van der Waals surface area contributed by atoms with Crippen molar-refractivity contribution >= 4 is 11.8 Å². The van der Waals surface area contributed by atoms with Crippen molar-refractivity contribution < 1.29 is 37.0 Å². The molecule has 1 N–H and O–H groups in total. The summed E-state index contributed by atoms with van der Waals surface area (Å²) < 4.78 is 56.5. The van der Waals surface area contributed by atoms with E-state index in [0.717, 1.165) is 0 Å². The van der Waals surface area contributed by atoms with Gasteiger partial charge in [-0.15, -0.1) is 0 Å². The summed E-state index contributed by atoms with van der Waals surface area (Å²) in [6.45, 7) is 0.379. The maximum atomic E-state index is 13.2. The fourth-order valence-corrected chi connectivity index (χ4v) is 1.34. The predicted octanol–water partition coefficient (Wildman–Crippen LogP) is 2.30. The summed E-state index contributed by atoms with van der Waals surface area (Å²) in [5.74, 6) is -11.2. The Balaban J connectivity index is 2.80. The molecule has 0 aliphatic heterocycles. The number of benzene rings is 1. The van der Waals surface area contributed by atoms with E-state index in [0.29, 0.717) is 0 Å². The van der Waals surface area contributed by atoms with Crippen LogP contribution in [0.5, 0.6) is 5.75 Å². The van der Waals surface area contributed by atoms with Gasteiger partial charge in [-0.2, -0.15) is 8.78 Å².